The Morgan fingerprint density at radius 1 is 1.25 bits per heavy atom. The lowest BCUT2D eigenvalue weighted by Gasteiger charge is -2.21. The number of carbonyl (C=O) groups excluding carboxylic acids is 1. The standard InChI is InChI=1S/C27H37F3O6/c1-18(2)36-26(33)12-7-5-4-6-11-22-23(25(34-3)16-24(22)32)14-13-20(31)17-35-21-10-8-9-19(15-21)27(28,29)30/h4,6,8-10,13-15,18,20,22-25,31-32H,5,7,11-12,16-17H2,1-3H3/b6-4-,14-13+/t20-,22-,23-,24+,25-/m1/s1. The molecule has 2 N–H and O–H groups in total. The minimum absolute atomic E-state index is 0.0174. The van der Waals surface area contributed by atoms with E-state index in [0.29, 0.717) is 25.7 Å². The summed E-state index contributed by atoms with van der Waals surface area (Å²) in [5.41, 5.74) is -0.820. The molecule has 36 heavy (non-hydrogen) atoms. The predicted octanol–water partition coefficient (Wildman–Crippen LogP) is 5.08. The van der Waals surface area contributed by atoms with E-state index in [4.69, 9.17) is 14.2 Å². The number of hydrogen-bond donors (Lipinski definition) is 2. The third-order valence-corrected chi connectivity index (χ3v) is 6.03. The molecule has 0 unspecified atom stereocenters. The first-order valence-electron chi connectivity index (χ1n) is 12.2. The molecule has 1 saturated carbocycles. The van der Waals surface area contributed by atoms with Crippen molar-refractivity contribution in [2.45, 2.75) is 76.5 Å². The molecule has 1 aromatic rings. The van der Waals surface area contributed by atoms with Crippen molar-refractivity contribution < 1.29 is 42.4 Å². The summed E-state index contributed by atoms with van der Waals surface area (Å²) >= 11 is 0. The number of esters is 1. The molecule has 1 fully saturated rings. The van der Waals surface area contributed by atoms with Gasteiger partial charge < -0.3 is 24.4 Å². The number of aliphatic hydroxyl groups is 2. The summed E-state index contributed by atoms with van der Waals surface area (Å²) in [4.78, 5) is 11.6. The summed E-state index contributed by atoms with van der Waals surface area (Å²) < 4.78 is 54.5. The van der Waals surface area contributed by atoms with Gasteiger partial charge in [-0.25, -0.2) is 0 Å². The number of alkyl halides is 3. The molecule has 0 aliphatic heterocycles. The molecule has 0 radical (unpaired) electrons. The second kappa shape index (κ2) is 14.4. The Labute approximate surface area is 210 Å². The van der Waals surface area contributed by atoms with E-state index in [1.54, 1.807) is 13.2 Å². The fraction of sp³-hybridized carbons (Fsp3) is 0.593. The Kier molecular flexibility index (Phi) is 11.9. The lowest BCUT2D eigenvalue weighted by Crippen LogP contribution is -2.22. The largest absolute Gasteiger partial charge is 0.491 e. The average Bonchev–Trinajstić information content (AvgIpc) is 3.12. The monoisotopic (exact) mass is 514 g/mol. The number of rotatable bonds is 13. The first-order valence-corrected chi connectivity index (χ1v) is 12.2. The molecule has 1 aliphatic rings. The molecule has 2 rings (SSSR count). The maximum absolute atomic E-state index is 12.8. The molecule has 0 spiro atoms. The van der Waals surface area contributed by atoms with E-state index < -0.39 is 23.9 Å². The number of unbranched alkanes of at least 4 members (excludes halogenated alkanes) is 1. The van der Waals surface area contributed by atoms with Crippen LogP contribution in [0.5, 0.6) is 5.75 Å². The first kappa shape index (κ1) is 29.9. The molecule has 0 aromatic heterocycles. The molecule has 6 nitrogen and oxygen atoms in total. The molecular formula is C27H37F3O6. The van der Waals surface area contributed by atoms with Gasteiger partial charge in [0.05, 0.1) is 23.9 Å². The quantitative estimate of drug-likeness (QED) is 0.217. The predicted molar refractivity (Wildman–Crippen MR) is 129 cm³/mol. The van der Waals surface area contributed by atoms with E-state index in [2.05, 4.69) is 0 Å². The Balaban J connectivity index is 1.87. The zero-order valence-electron chi connectivity index (χ0n) is 21.0. The lowest BCUT2D eigenvalue weighted by molar-refractivity contribution is -0.147. The van der Waals surface area contributed by atoms with Crippen LogP contribution >= 0.6 is 0 Å². The zero-order chi connectivity index (χ0) is 26.7. The van der Waals surface area contributed by atoms with Crippen molar-refractivity contribution in [3.8, 4) is 5.75 Å². The minimum Gasteiger partial charge on any atom is -0.491 e. The fourth-order valence-corrected chi connectivity index (χ4v) is 4.25. The van der Waals surface area contributed by atoms with Gasteiger partial charge in [0.2, 0.25) is 0 Å². The second-order valence-corrected chi connectivity index (χ2v) is 9.25. The van der Waals surface area contributed by atoms with Crippen LogP contribution in [0, 0.1) is 11.8 Å². The van der Waals surface area contributed by atoms with Gasteiger partial charge in [0.15, 0.2) is 0 Å². The number of carbonyl (C=O) groups is 1. The van der Waals surface area contributed by atoms with Gasteiger partial charge in [0, 0.05) is 25.9 Å². The molecule has 5 atom stereocenters. The van der Waals surface area contributed by atoms with Crippen LogP contribution in [0.25, 0.3) is 0 Å². The summed E-state index contributed by atoms with van der Waals surface area (Å²) in [5, 5.41) is 20.8. The molecule has 0 bridgehead atoms. The molecule has 1 aromatic carbocycles. The van der Waals surface area contributed by atoms with E-state index in [1.165, 1.54) is 18.2 Å². The number of ether oxygens (including phenoxy) is 3. The number of aliphatic hydroxyl groups excluding tert-OH is 2. The van der Waals surface area contributed by atoms with E-state index in [-0.39, 0.29) is 42.4 Å². The smallest absolute Gasteiger partial charge is 0.416 e. The highest BCUT2D eigenvalue weighted by atomic mass is 19.4. The highest BCUT2D eigenvalue weighted by Gasteiger charge is 2.40. The molecule has 202 valence electrons. The molecule has 0 heterocycles. The topological polar surface area (TPSA) is 85.2 Å². The highest BCUT2D eigenvalue weighted by molar-refractivity contribution is 5.69. The molecular weight excluding hydrogens is 477 g/mol. The van der Waals surface area contributed by atoms with Gasteiger partial charge in [-0.2, -0.15) is 13.2 Å². The summed E-state index contributed by atoms with van der Waals surface area (Å²) in [5.74, 6) is -0.471. The maximum atomic E-state index is 12.8. The van der Waals surface area contributed by atoms with Crippen LogP contribution < -0.4 is 4.74 Å². The number of benzene rings is 1. The van der Waals surface area contributed by atoms with Crippen LogP contribution in [0.1, 0.15) is 51.5 Å². The Morgan fingerprint density at radius 3 is 2.67 bits per heavy atom. The van der Waals surface area contributed by atoms with Gasteiger partial charge in [-0.3, -0.25) is 4.79 Å². The van der Waals surface area contributed by atoms with Gasteiger partial charge in [-0.15, -0.1) is 0 Å². The lowest BCUT2D eigenvalue weighted by atomic mass is 9.89. The summed E-state index contributed by atoms with van der Waals surface area (Å²) in [7, 11) is 1.57. The van der Waals surface area contributed by atoms with E-state index in [9.17, 15) is 28.2 Å². The van der Waals surface area contributed by atoms with Crippen molar-refractivity contribution in [3.63, 3.8) is 0 Å². The first-order chi connectivity index (χ1) is 17.0. The Morgan fingerprint density at radius 2 is 2.00 bits per heavy atom. The summed E-state index contributed by atoms with van der Waals surface area (Å²) in [6.07, 6.45) is 3.64. The Bertz CT molecular complexity index is 867. The van der Waals surface area contributed by atoms with Gasteiger partial charge in [-0.1, -0.05) is 30.4 Å². The van der Waals surface area contributed by atoms with Crippen molar-refractivity contribution >= 4 is 5.97 Å². The van der Waals surface area contributed by atoms with Crippen LogP contribution in [0.4, 0.5) is 13.2 Å². The van der Waals surface area contributed by atoms with Crippen LogP contribution in [-0.2, 0) is 20.4 Å². The average molecular weight is 515 g/mol. The van der Waals surface area contributed by atoms with Crippen LogP contribution in [0.2, 0.25) is 0 Å². The van der Waals surface area contributed by atoms with Crippen molar-refractivity contribution in [1.82, 2.24) is 0 Å². The normalized spacial score (nSPS) is 23.6. The van der Waals surface area contributed by atoms with Crippen molar-refractivity contribution in [3.05, 3.63) is 54.1 Å². The van der Waals surface area contributed by atoms with Gasteiger partial charge in [0.1, 0.15) is 18.5 Å². The summed E-state index contributed by atoms with van der Waals surface area (Å²) in [6, 6.07) is 4.49. The van der Waals surface area contributed by atoms with Crippen LogP contribution in [0.15, 0.2) is 48.6 Å². The maximum Gasteiger partial charge on any atom is 0.416 e. The SMILES string of the molecule is CO[C@@H]1C[C@H](O)[C@H](C/C=C\CCCC(=O)OC(C)C)[C@H]1/C=C/[C@@H](O)COc1cccc(C(F)(F)F)c1. The third-order valence-electron chi connectivity index (χ3n) is 6.03. The number of allylic oxidation sites excluding steroid dienone is 2. The highest BCUT2D eigenvalue weighted by Crippen LogP contribution is 2.38. The van der Waals surface area contributed by atoms with Crippen molar-refractivity contribution in [2.75, 3.05) is 13.7 Å². The van der Waals surface area contributed by atoms with Gasteiger partial charge in [0.25, 0.3) is 0 Å². The molecule has 0 amide bonds. The molecule has 9 heteroatoms. The Hall–Kier alpha value is -2.36. The van der Waals surface area contributed by atoms with Crippen LogP contribution in [0.3, 0.4) is 0 Å². The van der Waals surface area contributed by atoms with Gasteiger partial charge in [-0.05, 0) is 57.2 Å². The minimum atomic E-state index is -4.47. The number of hydrogen-bond acceptors (Lipinski definition) is 6. The number of halogens is 3. The van der Waals surface area contributed by atoms with Crippen molar-refractivity contribution in [1.29, 1.82) is 0 Å². The van der Waals surface area contributed by atoms with Crippen LogP contribution in [-0.4, -0.2) is 54.3 Å². The van der Waals surface area contributed by atoms with E-state index in [1.807, 2.05) is 26.0 Å². The second-order valence-electron chi connectivity index (χ2n) is 9.25. The van der Waals surface area contributed by atoms with E-state index in [0.717, 1.165) is 18.6 Å². The van der Waals surface area contributed by atoms with Crippen molar-refractivity contribution in [2.24, 2.45) is 11.8 Å². The summed E-state index contributed by atoms with van der Waals surface area (Å²) in [6.45, 7) is 3.41. The van der Waals surface area contributed by atoms with Gasteiger partial charge >= 0.3 is 12.1 Å². The fourth-order valence-electron chi connectivity index (χ4n) is 4.25. The molecule has 1 aliphatic carbocycles. The van der Waals surface area contributed by atoms with E-state index >= 15 is 0 Å². The number of methoxy groups -OCH3 is 1. The third kappa shape index (κ3) is 9.95. The molecule has 0 saturated heterocycles. The zero-order valence-corrected chi connectivity index (χ0v) is 21.0.